The minimum Gasteiger partial charge on any atom is -0.364 e. The van der Waals surface area contributed by atoms with Crippen LogP contribution in [0.3, 0.4) is 0 Å². The Morgan fingerprint density at radius 3 is 2.88 bits per heavy atom. The first-order valence-corrected chi connectivity index (χ1v) is 2.32. The van der Waals surface area contributed by atoms with Crippen molar-refractivity contribution < 1.29 is 9.63 Å². The van der Waals surface area contributed by atoms with Crippen LogP contribution in [0.1, 0.15) is 11.3 Å². The number of nitrogens with zero attached hydrogens (tertiary/aromatic N) is 1. The van der Waals surface area contributed by atoms with E-state index < -0.39 is 0 Å². The van der Waals surface area contributed by atoms with E-state index in [1.807, 2.05) is 0 Å². The monoisotopic (exact) mass is 112 g/mol. The maximum Gasteiger partial charge on any atom is 0.128 e. The van der Waals surface area contributed by atoms with Crippen molar-refractivity contribution in [1.82, 2.24) is 5.16 Å². The lowest BCUT2D eigenvalue weighted by atomic mass is 10.3. The average Bonchev–Trinajstić information content (AvgIpc) is 2.14. The summed E-state index contributed by atoms with van der Waals surface area (Å²) < 4.78 is 4.49. The Morgan fingerprint density at radius 1 is 1.88 bits per heavy atom. The number of hydrogen-bond donors (Lipinski definition) is 0. The molecule has 0 spiro atoms. The van der Waals surface area contributed by atoms with Gasteiger partial charge in [-0.3, -0.25) is 0 Å². The highest BCUT2D eigenvalue weighted by atomic mass is 16.5. The van der Waals surface area contributed by atoms with E-state index in [2.05, 4.69) is 9.68 Å². The van der Waals surface area contributed by atoms with E-state index >= 15 is 0 Å². The predicted octanol–water partition coefficient (Wildman–Crippen LogP) is 0.914. The van der Waals surface area contributed by atoms with E-state index in [0.717, 1.165) is 5.56 Å². The summed E-state index contributed by atoms with van der Waals surface area (Å²) in [5.74, 6) is 0. The molecule has 8 heavy (non-hydrogen) atoms. The van der Waals surface area contributed by atoms with Gasteiger partial charge in [-0.25, -0.2) is 5.11 Å². The molecule has 0 saturated heterocycles. The van der Waals surface area contributed by atoms with Gasteiger partial charge >= 0.3 is 0 Å². The van der Waals surface area contributed by atoms with Crippen LogP contribution in [0.15, 0.2) is 10.8 Å². The molecule has 1 aromatic heterocycles. The van der Waals surface area contributed by atoms with Crippen molar-refractivity contribution in [2.75, 3.05) is 0 Å². The Morgan fingerprint density at radius 2 is 2.62 bits per heavy atom. The van der Waals surface area contributed by atoms with Crippen LogP contribution in [0.25, 0.3) is 0 Å². The lowest BCUT2D eigenvalue weighted by Gasteiger charge is -1.80. The van der Waals surface area contributed by atoms with Gasteiger partial charge in [0.15, 0.2) is 0 Å². The van der Waals surface area contributed by atoms with Crippen molar-refractivity contribution in [2.24, 2.45) is 0 Å². The van der Waals surface area contributed by atoms with E-state index in [1.54, 1.807) is 6.92 Å². The highest BCUT2D eigenvalue weighted by Gasteiger charge is 1.98. The molecule has 3 heteroatoms. The second kappa shape index (κ2) is 1.96. The molecule has 0 aliphatic carbocycles. The van der Waals surface area contributed by atoms with E-state index in [-0.39, 0.29) is 6.61 Å². The van der Waals surface area contributed by atoms with Crippen molar-refractivity contribution in [2.45, 2.75) is 13.5 Å². The Labute approximate surface area is 46.9 Å². The zero-order valence-corrected chi connectivity index (χ0v) is 4.55. The largest absolute Gasteiger partial charge is 0.364 e. The van der Waals surface area contributed by atoms with Crippen LogP contribution in [-0.4, -0.2) is 5.16 Å². The van der Waals surface area contributed by atoms with Crippen LogP contribution < -0.4 is 0 Å². The van der Waals surface area contributed by atoms with Gasteiger partial charge < -0.3 is 4.52 Å². The van der Waals surface area contributed by atoms with Crippen molar-refractivity contribution in [1.29, 1.82) is 0 Å². The van der Waals surface area contributed by atoms with Crippen LogP contribution in [0.4, 0.5) is 0 Å². The first-order valence-electron chi connectivity index (χ1n) is 2.32. The molecule has 0 atom stereocenters. The van der Waals surface area contributed by atoms with E-state index in [9.17, 15) is 5.11 Å². The van der Waals surface area contributed by atoms with Gasteiger partial charge in [0.25, 0.3) is 0 Å². The summed E-state index contributed by atoms with van der Waals surface area (Å²) in [6.45, 7) is 1.51. The molecule has 3 nitrogen and oxygen atoms in total. The molecule has 1 heterocycles. The fourth-order valence-electron chi connectivity index (χ4n) is 0.449. The van der Waals surface area contributed by atoms with E-state index in [4.69, 9.17) is 0 Å². The Kier molecular flexibility index (Phi) is 1.30. The summed E-state index contributed by atoms with van der Waals surface area (Å²) in [6.07, 6.45) is 1.47. The Bertz CT molecular complexity index is 171. The first-order chi connectivity index (χ1) is 3.84. The second-order valence-corrected chi connectivity index (χ2v) is 1.59. The lowest BCUT2D eigenvalue weighted by molar-refractivity contribution is 0.169. The zero-order valence-electron chi connectivity index (χ0n) is 4.55. The minimum absolute atomic E-state index is 0.289. The number of hydrogen-bond acceptors (Lipinski definition) is 2. The van der Waals surface area contributed by atoms with E-state index in [1.165, 1.54) is 6.26 Å². The highest BCUT2D eigenvalue weighted by molar-refractivity contribution is 5.09. The molecular formula is C5H6NO2. The smallest absolute Gasteiger partial charge is 0.128 e. The first kappa shape index (κ1) is 5.31. The fourth-order valence-corrected chi connectivity index (χ4v) is 0.449. The van der Waals surface area contributed by atoms with Gasteiger partial charge in [0.1, 0.15) is 18.6 Å². The summed E-state index contributed by atoms with van der Waals surface area (Å²) in [5.41, 5.74) is 1.34. The van der Waals surface area contributed by atoms with Gasteiger partial charge in [-0.2, -0.15) is 0 Å². The third kappa shape index (κ3) is 0.721. The molecule has 0 N–H and O–H groups in total. The normalized spacial score (nSPS) is 9.75. The number of aryl methyl sites for hydroxylation is 1. The molecule has 0 bridgehead atoms. The molecule has 1 rings (SSSR count). The van der Waals surface area contributed by atoms with Crippen LogP contribution in [0.2, 0.25) is 0 Å². The zero-order chi connectivity index (χ0) is 5.98. The molecule has 0 saturated carbocycles. The third-order valence-corrected chi connectivity index (χ3v) is 0.984. The maximum absolute atomic E-state index is 10.1. The van der Waals surface area contributed by atoms with Gasteiger partial charge in [-0.05, 0) is 6.92 Å². The van der Waals surface area contributed by atoms with Crippen LogP contribution in [0, 0.1) is 6.92 Å². The molecule has 0 aromatic carbocycles. The minimum atomic E-state index is -0.289. The lowest BCUT2D eigenvalue weighted by Crippen LogP contribution is -1.81. The molecule has 0 fully saturated rings. The Balaban J connectivity index is 2.92. The van der Waals surface area contributed by atoms with Gasteiger partial charge in [-0.15, -0.1) is 0 Å². The van der Waals surface area contributed by atoms with Crippen molar-refractivity contribution in [3.05, 3.63) is 17.5 Å². The molecule has 1 aromatic rings. The Hall–Kier alpha value is -0.830. The average molecular weight is 112 g/mol. The van der Waals surface area contributed by atoms with E-state index in [0.29, 0.717) is 5.69 Å². The summed E-state index contributed by atoms with van der Waals surface area (Å²) in [4.78, 5) is 0. The predicted molar refractivity (Wildman–Crippen MR) is 25.6 cm³/mol. The van der Waals surface area contributed by atoms with Crippen molar-refractivity contribution >= 4 is 0 Å². The maximum atomic E-state index is 10.1. The fraction of sp³-hybridized carbons (Fsp3) is 0.400. The molecule has 1 radical (unpaired) electrons. The van der Waals surface area contributed by atoms with Gasteiger partial charge in [-0.1, -0.05) is 5.16 Å². The van der Waals surface area contributed by atoms with Gasteiger partial charge in [0.2, 0.25) is 0 Å². The molecule has 0 aliphatic rings. The van der Waals surface area contributed by atoms with Crippen LogP contribution >= 0.6 is 0 Å². The number of aromatic nitrogens is 1. The van der Waals surface area contributed by atoms with Crippen molar-refractivity contribution in [3.63, 3.8) is 0 Å². The topological polar surface area (TPSA) is 45.9 Å². The van der Waals surface area contributed by atoms with Gasteiger partial charge in [0, 0.05) is 5.56 Å². The highest BCUT2D eigenvalue weighted by Crippen LogP contribution is 2.02. The molecule has 0 unspecified atom stereocenters. The molecule has 0 aliphatic heterocycles. The SMILES string of the molecule is Cc1conc1C[O]. The standard InChI is InChI=1S/C5H6NO2/c1-4-3-8-6-5(4)2-7/h3H,2H2,1H3. The third-order valence-electron chi connectivity index (χ3n) is 0.984. The number of rotatable bonds is 1. The molecule has 0 amide bonds. The summed E-state index contributed by atoms with van der Waals surface area (Å²) >= 11 is 0. The molecular weight excluding hydrogens is 106 g/mol. The van der Waals surface area contributed by atoms with Crippen molar-refractivity contribution in [3.8, 4) is 0 Å². The van der Waals surface area contributed by atoms with Gasteiger partial charge in [0.05, 0.1) is 0 Å². The van der Waals surface area contributed by atoms with Crippen LogP contribution in [-0.2, 0) is 11.7 Å². The quantitative estimate of drug-likeness (QED) is 0.542. The summed E-state index contributed by atoms with van der Waals surface area (Å²) in [6, 6.07) is 0. The van der Waals surface area contributed by atoms with Crippen LogP contribution in [0.5, 0.6) is 0 Å². The summed E-state index contributed by atoms with van der Waals surface area (Å²) in [7, 11) is 0. The second-order valence-electron chi connectivity index (χ2n) is 1.59. The molecule has 43 valence electrons. The summed E-state index contributed by atoms with van der Waals surface area (Å²) in [5, 5.41) is 13.5.